The van der Waals surface area contributed by atoms with Gasteiger partial charge in [0, 0.05) is 16.1 Å². The van der Waals surface area contributed by atoms with Gasteiger partial charge >= 0.3 is 51.0 Å². The van der Waals surface area contributed by atoms with Gasteiger partial charge in [-0.3, -0.25) is 0 Å². The van der Waals surface area contributed by atoms with E-state index in [4.69, 9.17) is 0 Å². The van der Waals surface area contributed by atoms with Crippen LogP contribution in [-0.2, 0) is 9.13 Å². The van der Waals surface area contributed by atoms with Gasteiger partial charge in [-0.25, -0.2) is 0 Å². The molecule has 25 heavy (non-hydrogen) atoms. The molecule has 0 saturated carbocycles. The van der Waals surface area contributed by atoms with Crippen LogP contribution in [0.15, 0.2) is 91.0 Å². The third kappa shape index (κ3) is 10.2. The van der Waals surface area contributed by atoms with Crippen molar-refractivity contribution >= 4 is 47.4 Å². The van der Waals surface area contributed by atoms with Crippen LogP contribution in [-0.4, -0.2) is 16.3 Å². The zero-order chi connectivity index (χ0) is 18.5. The van der Waals surface area contributed by atoms with E-state index in [9.17, 15) is 18.9 Å². The molecular formula is C18H17AlO4P2. The van der Waals surface area contributed by atoms with E-state index >= 15 is 0 Å². The Kier molecular flexibility index (Phi) is 11.1. The minimum absolute atomic E-state index is 0.405. The van der Waals surface area contributed by atoms with Crippen molar-refractivity contribution in [1.29, 1.82) is 0 Å². The molecule has 2 atom stereocenters. The molecule has 0 aliphatic carbocycles. The topological polar surface area (TPSA) is 80.3 Å². The summed E-state index contributed by atoms with van der Waals surface area (Å²) >= 11 is 2.63. The van der Waals surface area contributed by atoms with Crippen LogP contribution >= 0.6 is 16.1 Å². The molecule has 0 heterocycles. The summed E-state index contributed by atoms with van der Waals surface area (Å²) in [5.74, 6) is 0. The molecule has 0 bridgehead atoms. The van der Waals surface area contributed by atoms with Crippen LogP contribution in [0.3, 0.4) is 0 Å². The van der Waals surface area contributed by atoms with Crippen molar-refractivity contribution in [3.63, 3.8) is 0 Å². The summed E-state index contributed by atoms with van der Waals surface area (Å²) in [6.45, 7) is 0. The first kappa shape index (κ1) is 21.6. The van der Waals surface area contributed by atoms with Crippen molar-refractivity contribution in [3.05, 3.63) is 91.0 Å². The van der Waals surface area contributed by atoms with Crippen molar-refractivity contribution in [2.75, 3.05) is 0 Å². The minimum atomic E-state index is -2.71. The first-order valence-corrected chi connectivity index (χ1v) is 10.5. The predicted octanol–water partition coefficient (Wildman–Crippen LogP) is 0.774. The fourth-order valence-corrected chi connectivity index (χ4v) is 2.75. The van der Waals surface area contributed by atoms with Gasteiger partial charge in [-0.05, 0) is 10.6 Å². The van der Waals surface area contributed by atoms with Crippen molar-refractivity contribution in [3.8, 4) is 0 Å². The number of rotatable bonds is 2. The molecule has 0 spiro atoms. The zero-order valence-electron chi connectivity index (χ0n) is 13.4. The predicted molar refractivity (Wildman–Crippen MR) is 102 cm³/mol. The van der Waals surface area contributed by atoms with E-state index in [-0.39, 0.29) is 0 Å². The summed E-state index contributed by atoms with van der Waals surface area (Å²) in [7, 11) is -5.42. The Morgan fingerprint density at radius 3 is 1.00 bits per heavy atom. The van der Waals surface area contributed by atoms with Gasteiger partial charge in [0.25, 0.3) is 0 Å². The standard InChI is InChI=1S/2C6H7O2P.C6H5.Al/c2*7-9(8)6-4-2-1-3-5-6;1-2-4-6-5-3-1;/h2*1-5,9H,(H,7,8);1-5H;/q;;;+2/p-2. The van der Waals surface area contributed by atoms with Crippen LogP contribution in [0.25, 0.3) is 0 Å². The van der Waals surface area contributed by atoms with Crippen LogP contribution < -0.4 is 24.8 Å². The van der Waals surface area contributed by atoms with E-state index in [1.54, 1.807) is 60.7 Å². The van der Waals surface area contributed by atoms with Crippen LogP contribution in [0, 0.1) is 0 Å². The first-order valence-electron chi connectivity index (χ1n) is 7.34. The molecule has 3 aromatic carbocycles. The molecule has 0 radical (unpaired) electrons. The Bertz CT molecular complexity index is 719. The maximum atomic E-state index is 10.3. The Morgan fingerprint density at radius 1 is 0.560 bits per heavy atom. The van der Waals surface area contributed by atoms with Crippen LogP contribution in [0.2, 0.25) is 0 Å². The van der Waals surface area contributed by atoms with Crippen LogP contribution in [0.1, 0.15) is 0 Å². The molecule has 0 aromatic heterocycles. The number of benzene rings is 3. The third-order valence-electron chi connectivity index (χ3n) is 2.82. The summed E-state index contributed by atoms with van der Waals surface area (Å²) < 4.78 is 21.8. The maximum absolute atomic E-state index is 10.3. The quantitative estimate of drug-likeness (QED) is 0.482. The van der Waals surface area contributed by atoms with E-state index in [2.05, 4.69) is 16.3 Å². The second kappa shape index (κ2) is 12.9. The van der Waals surface area contributed by atoms with E-state index in [1.165, 1.54) is 4.43 Å². The number of hydrogen-bond donors (Lipinski definition) is 0. The normalized spacial score (nSPS) is 11.8. The van der Waals surface area contributed by atoms with E-state index < -0.39 is 16.1 Å². The van der Waals surface area contributed by atoms with Crippen LogP contribution in [0.4, 0.5) is 0 Å². The SMILES string of the molecule is O=[PH]([O-])c1ccccc1.O=[PH]([O-])c1ccccc1.[Al+2][c]1ccccc1. The average Bonchev–Trinajstić information content (AvgIpc) is 2.65. The van der Waals surface area contributed by atoms with Gasteiger partial charge in [-0.15, -0.1) is 0 Å². The molecule has 0 amide bonds. The van der Waals surface area contributed by atoms with Crippen molar-refractivity contribution in [2.45, 2.75) is 0 Å². The Hall–Kier alpha value is -1.43. The van der Waals surface area contributed by atoms with Crippen molar-refractivity contribution in [2.24, 2.45) is 0 Å². The van der Waals surface area contributed by atoms with Gasteiger partial charge in [0.15, 0.2) is 0 Å². The van der Waals surface area contributed by atoms with Gasteiger partial charge in [-0.2, -0.15) is 0 Å². The first-order chi connectivity index (χ1) is 12.0. The van der Waals surface area contributed by atoms with Crippen molar-refractivity contribution in [1.82, 2.24) is 0 Å². The van der Waals surface area contributed by atoms with Crippen LogP contribution in [0.5, 0.6) is 0 Å². The summed E-state index contributed by atoms with van der Waals surface area (Å²) in [5.41, 5.74) is 0. The van der Waals surface area contributed by atoms with Gasteiger partial charge in [0.2, 0.25) is 0 Å². The molecule has 0 aliphatic heterocycles. The van der Waals surface area contributed by atoms with Gasteiger partial charge in [0.1, 0.15) is 0 Å². The zero-order valence-corrected chi connectivity index (χ0v) is 16.5. The van der Waals surface area contributed by atoms with E-state index in [0.717, 1.165) is 0 Å². The molecule has 0 saturated heterocycles. The Morgan fingerprint density at radius 2 is 0.840 bits per heavy atom. The van der Waals surface area contributed by atoms with E-state index in [1.807, 2.05) is 30.3 Å². The van der Waals surface area contributed by atoms with Gasteiger partial charge < -0.3 is 18.9 Å². The molecule has 4 nitrogen and oxygen atoms in total. The summed E-state index contributed by atoms with van der Waals surface area (Å²) in [5, 5.41) is 0.810. The average molecular weight is 386 g/mol. The molecular weight excluding hydrogens is 369 g/mol. The monoisotopic (exact) mass is 386 g/mol. The molecule has 2 unspecified atom stereocenters. The number of hydrogen-bond acceptors (Lipinski definition) is 4. The Balaban J connectivity index is 0.000000189. The fraction of sp³-hybridized carbons (Fsp3) is 0. The summed E-state index contributed by atoms with van der Waals surface area (Å²) in [4.78, 5) is 20.6. The molecule has 0 N–H and O–H groups in total. The molecule has 3 aromatic rings. The third-order valence-corrected chi connectivity index (χ3v) is 4.81. The van der Waals surface area contributed by atoms with Crippen molar-refractivity contribution < 1.29 is 18.9 Å². The van der Waals surface area contributed by atoms with Gasteiger partial charge in [0.05, 0.1) is 0 Å². The van der Waals surface area contributed by atoms with Gasteiger partial charge in [-0.1, -0.05) is 60.7 Å². The molecule has 7 heteroatoms. The molecule has 0 aliphatic rings. The summed E-state index contributed by atoms with van der Waals surface area (Å²) in [6.07, 6.45) is 0. The second-order valence-corrected chi connectivity index (χ2v) is 7.69. The molecule has 3 rings (SSSR count). The summed E-state index contributed by atoms with van der Waals surface area (Å²) in [6, 6.07) is 26.8. The Labute approximate surface area is 157 Å². The fourth-order valence-electron chi connectivity index (χ4n) is 1.60. The van der Waals surface area contributed by atoms with E-state index in [0.29, 0.717) is 10.6 Å². The molecule has 126 valence electrons. The molecule has 0 fully saturated rings. The second-order valence-electron chi connectivity index (χ2n) is 4.72.